The van der Waals surface area contributed by atoms with Gasteiger partial charge < -0.3 is 10.2 Å². The van der Waals surface area contributed by atoms with Crippen LogP contribution >= 0.6 is 11.8 Å². The zero-order valence-electron chi connectivity index (χ0n) is 10.6. The number of nitrogens with one attached hydrogen (secondary N) is 1. The van der Waals surface area contributed by atoms with E-state index in [4.69, 9.17) is 0 Å². The summed E-state index contributed by atoms with van der Waals surface area (Å²) in [7, 11) is 5.48. The van der Waals surface area contributed by atoms with E-state index in [-0.39, 0.29) is 11.9 Å². The summed E-state index contributed by atoms with van der Waals surface area (Å²) in [5, 5.41) is 3.19. The lowest BCUT2D eigenvalue weighted by Gasteiger charge is -2.18. The molecule has 1 rings (SSSR count). The van der Waals surface area contributed by atoms with Crippen LogP contribution in [0, 0.1) is 0 Å². The standard InChI is InChI=1S/C13H20N2OS/c1-14-11(9-13(16)15(2)3)10-17-12-7-5-4-6-8-12/h4-8,11,14H,9-10H2,1-3H3/t11-/m1/s1. The predicted octanol–water partition coefficient (Wildman–Crippen LogP) is 1.84. The van der Waals surface area contributed by atoms with Crippen molar-refractivity contribution in [2.75, 3.05) is 26.9 Å². The summed E-state index contributed by atoms with van der Waals surface area (Å²) in [4.78, 5) is 14.5. The lowest BCUT2D eigenvalue weighted by atomic mass is 10.2. The van der Waals surface area contributed by atoms with Crippen LogP contribution in [0.3, 0.4) is 0 Å². The molecule has 17 heavy (non-hydrogen) atoms. The topological polar surface area (TPSA) is 32.3 Å². The summed E-state index contributed by atoms with van der Waals surface area (Å²) in [6.45, 7) is 0. The van der Waals surface area contributed by atoms with Gasteiger partial charge in [-0.25, -0.2) is 0 Å². The number of thioether (sulfide) groups is 1. The molecule has 0 aliphatic heterocycles. The molecule has 0 aliphatic rings. The molecule has 0 aromatic heterocycles. The van der Waals surface area contributed by atoms with Crippen LogP contribution in [0.1, 0.15) is 6.42 Å². The Morgan fingerprint density at radius 2 is 2.00 bits per heavy atom. The second-order valence-electron chi connectivity index (χ2n) is 4.10. The monoisotopic (exact) mass is 252 g/mol. The van der Waals surface area contributed by atoms with Crippen LogP contribution in [-0.2, 0) is 4.79 Å². The number of benzene rings is 1. The molecule has 0 heterocycles. The Morgan fingerprint density at radius 3 is 2.53 bits per heavy atom. The average Bonchev–Trinajstić information content (AvgIpc) is 2.35. The fourth-order valence-electron chi connectivity index (χ4n) is 1.35. The van der Waals surface area contributed by atoms with E-state index >= 15 is 0 Å². The molecule has 1 amide bonds. The first-order valence-electron chi connectivity index (χ1n) is 5.68. The lowest BCUT2D eigenvalue weighted by Crippen LogP contribution is -2.34. The molecule has 0 saturated carbocycles. The van der Waals surface area contributed by atoms with Crippen molar-refractivity contribution >= 4 is 17.7 Å². The second-order valence-corrected chi connectivity index (χ2v) is 5.20. The molecular formula is C13H20N2OS. The van der Waals surface area contributed by atoms with Gasteiger partial charge in [-0.1, -0.05) is 18.2 Å². The minimum atomic E-state index is 0.165. The molecule has 0 fully saturated rings. The van der Waals surface area contributed by atoms with E-state index in [1.165, 1.54) is 4.90 Å². The summed E-state index contributed by atoms with van der Waals surface area (Å²) in [6.07, 6.45) is 0.545. The van der Waals surface area contributed by atoms with E-state index in [0.29, 0.717) is 6.42 Å². The number of hydrogen-bond acceptors (Lipinski definition) is 3. The van der Waals surface area contributed by atoms with Gasteiger partial charge in [0.1, 0.15) is 0 Å². The van der Waals surface area contributed by atoms with Crippen LogP contribution in [-0.4, -0.2) is 43.7 Å². The minimum Gasteiger partial charge on any atom is -0.349 e. The van der Waals surface area contributed by atoms with Gasteiger partial charge in [-0.2, -0.15) is 0 Å². The molecule has 1 N–H and O–H groups in total. The first-order chi connectivity index (χ1) is 8.13. The maximum atomic E-state index is 11.6. The molecular weight excluding hydrogens is 232 g/mol. The van der Waals surface area contributed by atoms with E-state index in [1.807, 2.05) is 25.2 Å². The minimum absolute atomic E-state index is 0.165. The van der Waals surface area contributed by atoms with Crippen molar-refractivity contribution in [2.24, 2.45) is 0 Å². The van der Waals surface area contributed by atoms with Crippen molar-refractivity contribution in [1.29, 1.82) is 0 Å². The molecule has 3 nitrogen and oxygen atoms in total. The summed E-state index contributed by atoms with van der Waals surface area (Å²) in [5.41, 5.74) is 0. The molecule has 1 atom stereocenters. The van der Waals surface area contributed by atoms with E-state index in [2.05, 4.69) is 17.4 Å². The highest BCUT2D eigenvalue weighted by molar-refractivity contribution is 7.99. The number of amides is 1. The Labute approximate surface area is 108 Å². The molecule has 0 spiro atoms. The second kappa shape index (κ2) is 7.35. The van der Waals surface area contributed by atoms with Crippen molar-refractivity contribution in [2.45, 2.75) is 17.4 Å². The largest absolute Gasteiger partial charge is 0.349 e. The molecule has 0 saturated heterocycles. The van der Waals surface area contributed by atoms with Gasteiger partial charge in [0.15, 0.2) is 0 Å². The molecule has 1 aromatic carbocycles. The third-order valence-corrected chi connectivity index (χ3v) is 3.70. The fourth-order valence-corrected chi connectivity index (χ4v) is 2.38. The smallest absolute Gasteiger partial charge is 0.223 e. The first-order valence-corrected chi connectivity index (χ1v) is 6.67. The highest BCUT2D eigenvalue weighted by atomic mass is 32.2. The Morgan fingerprint density at radius 1 is 1.35 bits per heavy atom. The number of rotatable bonds is 6. The van der Waals surface area contributed by atoms with Crippen molar-refractivity contribution in [1.82, 2.24) is 10.2 Å². The third-order valence-electron chi connectivity index (χ3n) is 2.52. The van der Waals surface area contributed by atoms with Crippen LogP contribution in [0.25, 0.3) is 0 Å². The zero-order valence-corrected chi connectivity index (χ0v) is 11.5. The van der Waals surface area contributed by atoms with Gasteiger partial charge in [-0.15, -0.1) is 11.8 Å². The SMILES string of the molecule is CN[C@@H](CSc1ccccc1)CC(=O)N(C)C. The van der Waals surface area contributed by atoms with Crippen LogP contribution < -0.4 is 5.32 Å². The van der Waals surface area contributed by atoms with Crippen LogP contribution in [0.4, 0.5) is 0 Å². The van der Waals surface area contributed by atoms with Crippen LogP contribution in [0.15, 0.2) is 35.2 Å². The summed E-state index contributed by atoms with van der Waals surface area (Å²) in [5.74, 6) is 1.07. The van der Waals surface area contributed by atoms with Crippen molar-refractivity contribution in [3.8, 4) is 0 Å². The van der Waals surface area contributed by atoms with Crippen molar-refractivity contribution < 1.29 is 4.79 Å². The van der Waals surface area contributed by atoms with Gasteiger partial charge in [0.2, 0.25) is 5.91 Å². The summed E-state index contributed by atoms with van der Waals surface area (Å²) >= 11 is 1.77. The van der Waals surface area contributed by atoms with E-state index in [0.717, 1.165) is 5.75 Å². The highest BCUT2D eigenvalue weighted by Crippen LogP contribution is 2.18. The van der Waals surface area contributed by atoms with Gasteiger partial charge in [0.05, 0.1) is 0 Å². The Hall–Kier alpha value is -1.00. The highest BCUT2D eigenvalue weighted by Gasteiger charge is 2.13. The zero-order chi connectivity index (χ0) is 12.7. The molecule has 4 heteroatoms. The van der Waals surface area contributed by atoms with Crippen molar-refractivity contribution in [3.63, 3.8) is 0 Å². The van der Waals surface area contributed by atoms with E-state index in [9.17, 15) is 4.79 Å². The number of hydrogen-bond donors (Lipinski definition) is 1. The first kappa shape index (κ1) is 14.1. The van der Waals surface area contributed by atoms with Crippen molar-refractivity contribution in [3.05, 3.63) is 30.3 Å². The van der Waals surface area contributed by atoms with Gasteiger partial charge in [0.25, 0.3) is 0 Å². The molecule has 0 bridgehead atoms. The maximum absolute atomic E-state index is 11.6. The van der Waals surface area contributed by atoms with E-state index < -0.39 is 0 Å². The quantitative estimate of drug-likeness (QED) is 0.784. The number of carbonyl (C=O) groups excluding carboxylic acids is 1. The van der Waals surface area contributed by atoms with Gasteiger partial charge in [-0.3, -0.25) is 4.79 Å². The van der Waals surface area contributed by atoms with Gasteiger partial charge in [0, 0.05) is 37.2 Å². The molecule has 94 valence electrons. The molecule has 0 radical (unpaired) electrons. The Balaban J connectivity index is 2.40. The third kappa shape index (κ3) is 5.24. The molecule has 1 aromatic rings. The van der Waals surface area contributed by atoms with E-state index in [1.54, 1.807) is 30.8 Å². The summed E-state index contributed by atoms with van der Waals surface area (Å²) < 4.78 is 0. The lowest BCUT2D eigenvalue weighted by molar-refractivity contribution is -0.129. The number of carbonyl (C=O) groups is 1. The average molecular weight is 252 g/mol. The molecule has 0 aliphatic carbocycles. The van der Waals surface area contributed by atoms with Gasteiger partial charge >= 0.3 is 0 Å². The Kier molecular flexibility index (Phi) is 6.08. The van der Waals surface area contributed by atoms with Gasteiger partial charge in [-0.05, 0) is 19.2 Å². The van der Waals surface area contributed by atoms with Crippen LogP contribution in [0.2, 0.25) is 0 Å². The van der Waals surface area contributed by atoms with Crippen LogP contribution in [0.5, 0.6) is 0 Å². The predicted molar refractivity (Wildman–Crippen MR) is 73.3 cm³/mol. The molecule has 0 unspecified atom stereocenters. The Bertz CT molecular complexity index is 341. The fraction of sp³-hybridized carbons (Fsp3) is 0.462. The number of nitrogens with zero attached hydrogens (tertiary/aromatic N) is 1. The normalized spacial score (nSPS) is 12.2. The summed E-state index contributed by atoms with van der Waals surface area (Å²) in [6, 6.07) is 10.5. The maximum Gasteiger partial charge on any atom is 0.223 e.